The average molecular weight is 411 g/mol. The van der Waals surface area contributed by atoms with E-state index in [0.29, 0.717) is 0 Å². The van der Waals surface area contributed by atoms with Crippen molar-refractivity contribution in [2.24, 2.45) is 0 Å². The lowest BCUT2D eigenvalue weighted by atomic mass is 9.98. The molecule has 0 saturated carbocycles. The molecule has 4 rings (SSSR count). The summed E-state index contributed by atoms with van der Waals surface area (Å²) in [5.74, 6) is -0.611. The molecule has 2 aromatic rings. The van der Waals surface area contributed by atoms with E-state index in [1.807, 2.05) is 24.3 Å². The highest BCUT2D eigenvalue weighted by molar-refractivity contribution is 5.83. The normalized spacial score (nSPS) is 22.9. The number of esters is 1. The number of hydrogen-bond donors (Lipinski definition) is 0. The zero-order valence-corrected chi connectivity index (χ0v) is 17.2. The fourth-order valence-corrected chi connectivity index (χ4v) is 4.32. The standard InChI is InChI=1S/C23H25NO6/c1-14-21(22(25)28-3)24(12-20(27-2)30-14)23(26)29-13-19-17-10-6-4-8-15(17)16-9-5-7-11-18(16)19/h4-11,14,19-21H,12-13H2,1-3H3/t14-,20-,21+/m1/s1. The second-order valence-electron chi connectivity index (χ2n) is 7.43. The Labute approximate surface area is 175 Å². The molecule has 0 aromatic heterocycles. The number of ether oxygens (including phenoxy) is 4. The Morgan fingerprint density at radius 2 is 1.63 bits per heavy atom. The molecule has 1 aliphatic carbocycles. The van der Waals surface area contributed by atoms with Gasteiger partial charge in [0, 0.05) is 13.0 Å². The lowest BCUT2D eigenvalue weighted by Crippen LogP contribution is -2.60. The molecular weight excluding hydrogens is 386 g/mol. The predicted molar refractivity (Wildman–Crippen MR) is 109 cm³/mol. The Hall–Kier alpha value is -2.90. The molecule has 0 spiro atoms. The van der Waals surface area contributed by atoms with Crippen molar-refractivity contribution in [2.75, 3.05) is 27.4 Å². The van der Waals surface area contributed by atoms with Crippen LogP contribution in [0.4, 0.5) is 4.79 Å². The average Bonchev–Trinajstić information content (AvgIpc) is 3.10. The molecule has 2 aromatic carbocycles. The lowest BCUT2D eigenvalue weighted by Gasteiger charge is -2.40. The first-order chi connectivity index (χ1) is 14.5. The number of fused-ring (bicyclic) bond motifs is 3. The summed E-state index contributed by atoms with van der Waals surface area (Å²) in [6.07, 6.45) is -1.82. The van der Waals surface area contributed by atoms with Crippen LogP contribution in [-0.2, 0) is 23.7 Å². The van der Waals surface area contributed by atoms with Crippen LogP contribution >= 0.6 is 0 Å². The van der Waals surface area contributed by atoms with Crippen molar-refractivity contribution in [3.63, 3.8) is 0 Å². The summed E-state index contributed by atoms with van der Waals surface area (Å²) in [4.78, 5) is 26.6. The number of nitrogens with zero attached hydrogens (tertiary/aromatic N) is 1. The Balaban J connectivity index is 1.54. The van der Waals surface area contributed by atoms with Gasteiger partial charge in [-0.1, -0.05) is 48.5 Å². The molecule has 7 heteroatoms. The molecular formula is C23H25NO6. The highest BCUT2D eigenvalue weighted by Gasteiger charge is 2.43. The number of methoxy groups -OCH3 is 2. The highest BCUT2D eigenvalue weighted by atomic mass is 16.7. The minimum absolute atomic E-state index is 0.0605. The quantitative estimate of drug-likeness (QED) is 0.720. The molecule has 0 N–H and O–H groups in total. The Morgan fingerprint density at radius 3 is 2.20 bits per heavy atom. The fraction of sp³-hybridized carbons (Fsp3) is 0.391. The van der Waals surface area contributed by atoms with Gasteiger partial charge in [0.05, 0.1) is 19.8 Å². The predicted octanol–water partition coefficient (Wildman–Crippen LogP) is 3.17. The van der Waals surface area contributed by atoms with Gasteiger partial charge in [-0.3, -0.25) is 4.90 Å². The van der Waals surface area contributed by atoms with Crippen LogP contribution in [0.25, 0.3) is 11.1 Å². The van der Waals surface area contributed by atoms with Gasteiger partial charge in [0.15, 0.2) is 12.3 Å². The Morgan fingerprint density at radius 1 is 1.03 bits per heavy atom. The maximum Gasteiger partial charge on any atom is 0.410 e. The monoisotopic (exact) mass is 411 g/mol. The SMILES string of the molecule is COC(=O)[C@@H]1[C@@H](C)O[C@@H](OC)CN1C(=O)OCC1c2ccccc2-c2ccccc21. The Bertz CT molecular complexity index is 899. The second-order valence-corrected chi connectivity index (χ2v) is 7.43. The van der Waals surface area contributed by atoms with Crippen molar-refractivity contribution >= 4 is 12.1 Å². The number of hydrogen-bond acceptors (Lipinski definition) is 6. The van der Waals surface area contributed by atoms with E-state index in [4.69, 9.17) is 18.9 Å². The molecule has 1 amide bonds. The van der Waals surface area contributed by atoms with Crippen LogP contribution in [0.5, 0.6) is 0 Å². The molecule has 0 bridgehead atoms. The van der Waals surface area contributed by atoms with Crippen LogP contribution in [-0.4, -0.2) is 62.8 Å². The van der Waals surface area contributed by atoms with Crippen molar-refractivity contribution in [1.82, 2.24) is 4.90 Å². The molecule has 0 radical (unpaired) electrons. The zero-order chi connectivity index (χ0) is 21.3. The van der Waals surface area contributed by atoms with E-state index in [2.05, 4.69) is 24.3 Å². The highest BCUT2D eigenvalue weighted by Crippen LogP contribution is 2.44. The zero-order valence-electron chi connectivity index (χ0n) is 17.2. The maximum atomic E-state index is 13.0. The Kier molecular flexibility index (Phi) is 5.74. The fourth-order valence-electron chi connectivity index (χ4n) is 4.32. The van der Waals surface area contributed by atoms with Gasteiger partial charge in [0.25, 0.3) is 0 Å². The van der Waals surface area contributed by atoms with Crippen LogP contribution in [0.15, 0.2) is 48.5 Å². The van der Waals surface area contributed by atoms with E-state index in [0.717, 1.165) is 22.3 Å². The van der Waals surface area contributed by atoms with Crippen LogP contribution in [0.2, 0.25) is 0 Å². The lowest BCUT2D eigenvalue weighted by molar-refractivity contribution is -0.212. The third-order valence-electron chi connectivity index (χ3n) is 5.77. The molecule has 1 aliphatic heterocycles. The molecule has 2 aliphatic rings. The summed E-state index contributed by atoms with van der Waals surface area (Å²) in [7, 11) is 2.78. The molecule has 7 nitrogen and oxygen atoms in total. The van der Waals surface area contributed by atoms with E-state index in [9.17, 15) is 9.59 Å². The van der Waals surface area contributed by atoms with Crippen LogP contribution < -0.4 is 0 Å². The topological polar surface area (TPSA) is 74.3 Å². The van der Waals surface area contributed by atoms with Gasteiger partial charge in [-0.05, 0) is 29.2 Å². The van der Waals surface area contributed by atoms with Gasteiger partial charge in [-0.25, -0.2) is 9.59 Å². The first kappa shape index (κ1) is 20.4. The third-order valence-corrected chi connectivity index (χ3v) is 5.77. The maximum absolute atomic E-state index is 13.0. The van der Waals surface area contributed by atoms with Crippen molar-refractivity contribution in [3.05, 3.63) is 59.7 Å². The largest absolute Gasteiger partial charge is 0.467 e. The van der Waals surface area contributed by atoms with Crippen molar-refractivity contribution in [3.8, 4) is 11.1 Å². The summed E-state index contributed by atoms with van der Waals surface area (Å²) < 4.78 is 21.5. The van der Waals surface area contributed by atoms with Gasteiger partial charge in [0.1, 0.15) is 6.61 Å². The number of benzene rings is 2. The van der Waals surface area contributed by atoms with Crippen molar-refractivity contribution in [2.45, 2.75) is 31.3 Å². The number of carbonyl (C=O) groups is 2. The van der Waals surface area contributed by atoms with Crippen molar-refractivity contribution < 1.29 is 28.5 Å². The first-order valence-corrected chi connectivity index (χ1v) is 9.92. The van der Waals surface area contributed by atoms with Gasteiger partial charge in [0.2, 0.25) is 0 Å². The summed E-state index contributed by atoms with van der Waals surface area (Å²) >= 11 is 0. The third kappa shape index (κ3) is 3.55. The van der Waals surface area contributed by atoms with Crippen LogP contribution in [0.1, 0.15) is 24.0 Å². The molecule has 1 saturated heterocycles. The first-order valence-electron chi connectivity index (χ1n) is 9.92. The minimum atomic E-state index is -0.892. The minimum Gasteiger partial charge on any atom is -0.467 e. The van der Waals surface area contributed by atoms with Gasteiger partial charge in [-0.2, -0.15) is 0 Å². The molecule has 30 heavy (non-hydrogen) atoms. The van der Waals surface area contributed by atoms with E-state index < -0.39 is 30.5 Å². The van der Waals surface area contributed by atoms with E-state index in [1.54, 1.807) is 6.92 Å². The van der Waals surface area contributed by atoms with E-state index >= 15 is 0 Å². The number of amides is 1. The summed E-state index contributed by atoms with van der Waals surface area (Å²) in [6.45, 7) is 1.96. The molecule has 0 unspecified atom stereocenters. The van der Waals surface area contributed by atoms with Crippen LogP contribution in [0.3, 0.4) is 0 Å². The van der Waals surface area contributed by atoms with E-state index in [1.165, 1.54) is 19.1 Å². The molecule has 1 fully saturated rings. The number of carbonyl (C=O) groups excluding carboxylic acids is 2. The van der Waals surface area contributed by atoms with Crippen molar-refractivity contribution in [1.29, 1.82) is 0 Å². The van der Waals surface area contributed by atoms with Gasteiger partial charge in [-0.15, -0.1) is 0 Å². The summed E-state index contributed by atoms with van der Waals surface area (Å²) in [5.41, 5.74) is 4.56. The van der Waals surface area contributed by atoms with Crippen LogP contribution in [0, 0.1) is 0 Å². The summed E-state index contributed by atoms with van der Waals surface area (Å²) in [6, 6.07) is 15.4. The van der Waals surface area contributed by atoms with Gasteiger partial charge < -0.3 is 18.9 Å². The van der Waals surface area contributed by atoms with E-state index in [-0.39, 0.29) is 19.1 Å². The molecule has 1 heterocycles. The smallest absolute Gasteiger partial charge is 0.410 e. The molecule has 158 valence electrons. The number of morpholine rings is 1. The summed E-state index contributed by atoms with van der Waals surface area (Å²) in [5, 5.41) is 0. The van der Waals surface area contributed by atoms with Gasteiger partial charge >= 0.3 is 12.1 Å². The number of rotatable bonds is 4. The second kappa shape index (κ2) is 8.45. The molecule has 3 atom stereocenters.